The molecule has 7 aromatic rings. The minimum atomic E-state index is -0.110. The van der Waals surface area contributed by atoms with Crippen LogP contribution in [0, 0.1) is 0 Å². The largest absolute Gasteiger partial charge is 0.310 e. The third-order valence-electron chi connectivity index (χ3n) is 14.6. The summed E-state index contributed by atoms with van der Waals surface area (Å²) >= 11 is 2.00. The molecule has 0 spiro atoms. The maximum atomic E-state index is 2.76. The topological polar surface area (TPSA) is 6.48 Å². The van der Waals surface area contributed by atoms with Gasteiger partial charge in [0.1, 0.15) is 0 Å². The lowest BCUT2D eigenvalue weighted by Gasteiger charge is -2.49. The molecular formula is C58H63BN2S. The summed E-state index contributed by atoms with van der Waals surface area (Å²) < 4.78 is 2.77. The van der Waals surface area contributed by atoms with Gasteiger partial charge in [0.15, 0.2) is 0 Å². The van der Waals surface area contributed by atoms with Gasteiger partial charge in [-0.1, -0.05) is 169 Å². The van der Waals surface area contributed by atoms with Crippen molar-refractivity contribution in [1.82, 2.24) is 0 Å². The van der Waals surface area contributed by atoms with Crippen LogP contribution in [0.4, 0.5) is 34.1 Å². The zero-order valence-corrected chi connectivity index (χ0v) is 40.2. The number of nitrogens with zero attached hydrogens (tertiary/aromatic N) is 2. The molecule has 0 atom stereocenters. The van der Waals surface area contributed by atoms with Crippen LogP contribution >= 0.6 is 11.3 Å². The molecule has 0 fully saturated rings. The molecule has 0 radical (unpaired) electrons. The first kappa shape index (κ1) is 41.0. The molecule has 0 unspecified atom stereocenters. The molecule has 1 aromatic heterocycles. The van der Waals surface area contributed by atoms with E-state index in [1.54, 1.807) is 0 Å². The molecular weight excluding hydrogens is 768 g/mol. The van der Waals surface area contributed by atoms with Crippen molar-refractivity contribution in [2.24, 2.45) is 0 Å². The quantitative estimate of drug-likeness (QED) is 0.164. The van der Waals surface area contributed by atoms with Gasteiger partial charge in [-0.25, -0.2) is 0 Å². The van der Waals surface area contributed by atoms with Crippen LogP contribution in [0.5, 0.6) is 0 Å². The average Bonchev–Trinajstić information content (AvgIpc) is 3.60. The molecule has 0 saturated heterocycles. The van der Waals surface area contributed by atoms with Crippen LogP contribution in [0.15, 0.2) is 121 Å². The van der Waals surface area contributed by atoms with Gasteiger partial charge in [0, 0.05) is 43.2 Å². The smallest absolute Gasteiger partial charge is 0.264 e. The number of hydrogen-bond acceptors (Lipinski definition) is 3. The van der Waals surface area contributed by atoms with Crippen molar-refractivity contribution in [3.8, 4) is 11.1 Å². The van der Waals surface area contributed by atoms with Gasteiger partial charge in [-0.2, -0.15) is 0 Å². The van der Waals surface area contributed by atoms with Crippen LogP contribution in [-0.2, 0) is 27.1 Å². The number of fused-ring (bicyclic) bond motifs is 8. The highest BCUT2D eigenvalue weighted by molar-refractivity contribution is 7.33. The Morgan fingerprint density at radius 1 is 0.532 bits per heavy atom. The Kier molecular flexibility index (Phi) is 9.07. The summed E-state index contributed by atoms with van der Waals surface area (Å²) in [4.78, 5) is 5.40. The molecule has 10 rings (SSSR count). The Hall–Kier alpha value is -5.06. The lowest BCUT2D eigenvalue weighted by atomic mass is 9.35. The van der Waals surface area contributed by atoms with Crippen molar-refractivity contribution in [3.63, 3.8) is 0 Å². The van der Waals surface area contributed by atoms with Crippen LogP contribution in [-0.4, -0.2) is 6.71 Å². The van der Waals surface area contributed by atoms with E-state index in [1.807, 2.05) is 11.3 Å². The third-order valence-corrected chi connectivity index (χ3v) is 15.8. The average molecular weight is 831 g/mol. The molecule has 6 aromatic carbocycles. The van der Waals surface area contributed by atoms with Crippen molar-refractivity contribution in [3.05, 3.63) is 149 Å². The molecule has 0 amide bonds. The maximum Gasteiger partial charge on any atom is 0.264 e. The van der Waals surface area contributed by atoms with E-state index < -0.39 is 0 Å². The summed E-state index contributed by atoms with van der Waals surface area (Å²) in [5.41, 5.74) is 20.1. The Morgan fingerprint density at radius 2 is 1.13 bits per heavy atom. The van der Waals surface area contributed by atoms with Gasteiger partial charge >= 0.3 is 0 Å². The molecule has 2 nitrogen and oxygen atoms in total. The van der Waals surface area contributed by atoms with Crippen LogP contribution in [0.3, 0.4) is 0 Å². The fourth-order valence-corrected chi connectivity index (χ4v) is 12.1. The molecule has 0 N–H and O–H groups in total. The predicted molar refractivity (Wildman–Crippen MR) is 273 cm³/mol. The van der Waals surface area contributed by atoms with Crippen LogP contribution < -0.4 is 25.5 Å². The van der Waals surface area contributed by atoms with E-state index in [9.17, 15) is 0 Å². The molecule has 4 heteroatoms. The Morgan fingerprint density at radius 3 is 1.79 bits per heavy atom. The SMILES string of the molecule is CC(C)(C)c1ccc(N2c3cc(C(C)(C)C)cc4c3B(c3ccc5c(c3N4c3ccc(C(C)(C)C)cc3-c3ccccc3)C(C)(C)CCC5(C)C)c3sc4ccccc4c32)cc1. The van der Waals surface area contributed by atoms with E-state index in [1.165, 1.54) is 105 Å². The molecule has 3 aliphatic rings. The van der Waals surface area contributed by atoms with Crippen molar-refractivity contribution in [2.45, 2.75) is 130 Å². The number of rotatable bonds is 3. The molecule has 3 heterocycles. The van der Waals surface area contributed by atoms with Gasteiger partial charge in [0.2, 0.25) is 0 Å². The molecule has 0 saturated carbocycles. The lowest BCUT2D eigenvalue weighted by Crippen LogP contribution is -2.61. The highest BCUT2D eigenvalue weighted by Gasteiger charge is 2.50. The van der Waals surface area contributed by atoms with E-state index in [0.717, 1.165) is 6.42 Å². The third kappa shape index (κ3) is 6.33. The van der Waals surface area contributed by atoms with Crippen molar-refractivity contribution in [1.29, 1.82) is 0 Å². The summed E-state index contributed by atoms with van der Waals surface area (Å²) in [5.74, 6) is 0. The van der Waals surface area contributed by atoms with Gasteiger partial charge in [-0.3, -0.25) is 0 Å². The molecule has 314 valence electrons. The van der Waals surface area contributed by atoms with E-state index in [-0.39, 0.29) is 33.8 Å². The standard InChI is InChI=1S/C58H63BN2S/c1-54(2,3)37-23-26-40(27-24-37)60-46-34-39(56(7,8)9)35-47-50(46)59(53-51(60)41-21-17-18-22-48(41)62-53)44-29-28-43-49(58(12,13)32-31-57(43,10)11)52(44)61(47)45-30-25-38(55(4,5)6)33-42(45)36-19-15-14-16-20-36/h14-30,33-35H,31-32H2,1-13H3. The summed E-state index contributed by atoms with van der Waals surface area (Å²) in [6.07, 6.45) is 2.31. The van der Waals surface area contributed by atoms with Gasteiger partial charge in [-0.15, -0.1) is 11.3 Å². The molecule has 0 bridgehead atoms. The fourth-order valence-electron chi connectivity index (χ4n) is 10.8. The summed E-state index contributed by atoms with van der Waals surface area (Å²) in [7, 11) is 0. The first-order valence-electron chi connectivity index (χ1n) is 22.9. The van der Waals surface area contributed by atoms with Gasteiger partial charge in [0.05, 0.1) is 11.4 Å². The van der Waals surface area contributed by atoms with Gasteiger partial charge < -0.3 is 9.80 Å². The van der Waals surface area contributed by atoms with Crippen molar-refractivity contribution in [2.75, 3.05) is 9.80 Å². The van der Waals surface area contributed by atoms with Gasteiger partial charge in [0.25, 0.3) is 6.71 Å². The lowest BCUT2D eigenvalue weighted by molar-refractivity contribution is 0.333. The Labute approximate surface area is 376 Å². The first-order valence-corrected chi connectivity index (χ1v) is 23.8. The number of benzene rings is 6. The second-order valence-electron chi connectivity index (χ2n) is 22.9. The Balaban J connectivity index is 1.39. The van der Waals surface area contributed by atoms with E-state index in [2.05, 4.69) is 221 Å². The van der Waals surface area contributed by atoms with Crippen LogP contribution in [0.1, 0.15) is 131 Å². The molecule has 62 heavy (non-hydrogen) atoms. The molecule has 1 aliphatic carbocycles. The minimum absolute atomic E-state index is 0.00985. The highest BCUT2D eigenvalue weighted by Crippen LogP contribution is 2.56. The zero-order chi connectivity index (χ0) is 43.9. The van der Waals surface area contributed by atoms with E-state index >= 15 is 0 Å². The second kappa shape index (κ2) is 13.7. The zero-order valence-electron chi connectivity index (χ0n) is 39.3. The van der Waals surface area contributed by atoms with Gasteiger partial charge in [-0.05, 0) is 127 Å². The summed E-state index contributed by atoms with van der Waals surface area (Å²) in [6.45, 7) is 31.2. The maximum absolute atomic E-state index is 2.76. The van der Waals surface area contributed by atoms with Crippen molar-refractivity contribution < 1.29 is 0 Å². The van der Waals surface area contributed by atoms with Crippen LogP contribution in [0.2, 0.25) is 0 Å². The van der Waals surface area contributed by atoms with Crippen LogP contribution in [0.25, 0.3) is 21.2 Å². The Bertz CT molecular complexity index is 2910. The normalized spacial score (nSPS) is 16.5. The summed E-state index contributed by atoms with van der Waals surface area (Å²) in [5, 5.41) is 1.33. The van der Waals surface area contributed by atoms with E-state index in [0.29, 0.717) is 0 Å². The van der Waals surface area contributed by atoms with E-state index in [4.69, 9.17) is 0 Å². The number of thiophene rings is 1. The number of hydrogen-bond donors (Lipinski definition) is 0. The van der Waals surface area contributed by atoms with Crippen molar-refractivity contribution >= 4 is 78.0 Å². The summed E-state index contributed by atoms with van der Waals surface area (Å²) in [6, 6.07) is 47.3. The fraction of sp³-hybridized carbons (Fsp3) is 0.345. The monoisotopic (exact) mass is 830 g/mol. The predicted octanol–water partition coefficient (Wildman–Crippen LogP) is 14.9. The first-order chi connectivity index (χ1) is 29.1. The molecule has 2 aliphatic heterocycles. The number of anilines is 6. The highest BCUT2D eigenvalue weighted by atomic mass is 32.1. The minimum Gasteiger partial charge on any atom is -0.310 e. The second-order valence-corrected chi connectivity index (χ2v) is 24.0.